The normalized spacial score (nSPS) is 18.5. The molecule has 0 aliphatic carbocycles. The summed E-state index contributed by atoms with van der Waals surface area (Å²) in [6.07, 6.45) is 2.97. The fraction of sp³-hybridized carbons (Fsp3) is 0.529. The molecule has 2 aliphatic rings. The first-order valence-corrected chi connectivity index (χ1v) is 7.92. The van der Waals surface area contributed by atoms with Gasteiger partial charge in [-0.2, -0.15) is 0 Å². The van der Waals surface area contributed by atoms with Crippen molar-refractivity contribution < 1.29 is 14.3 Å². The molecule has 2 heterocycles. The van der Waals surface area contributed by atoms with Crippen molar-refractivity contribution in [3.63, 3.8) is 0 Å². The minimum Gasteiger partial charge on any atom is -0.467 e. The Labute approximate surface area is 130 Å². The fourth-order valence-corrected chi connectivity index (χ4v) is 3.39. The van der Waals surface area contributed by atoms with Crippen LogP contribution in [0.25, 0.3) is 0 Å². The smallest absolute Gasteiger partial charge is 0.328 e. The molecule has 1 saturated heterocycles. The van der Waals surface area contributed by atoms with Gasteiger partial charge in [-0.1, -0.05) is 13.0 Å². The van der Waals surface area contributed by atoms with E-state index in [1.165, 1.54) is 20.0 Å². The van der Waals surface area contributed by atoms with E-state index in [0.717, 1.165) is 29.9 Å². The Morgan fingerprint density at radius 3 is 2.68 bits per heavy atom. The van der Waals surface area contributed by atoms with Crippen molar-refractivity contribution in [2.24, 2.45) is 0 Å². The predicted octanol–water partition coefficient (Wildman–Crippen LogP) is 2.19. The van der Waals surface area contributed by atoms with Crippen LogP contribution in [0.4, 0.5) is 5.69 Å². The van der Waals surface area contributed by atoms with E-state index >= 15 is 0 Å². The summed E-state index contributed by atoms with van der Waals surface area (Å²) in [5, 5.41) is 0. The van der Waals surface area contributed by atoms with Crippen molar-refractivity contribution in [2.45, 2.75) is 38.8 Å². The highest BCUT2D eigenvalue weighted by molar-refractivity contribution is 6.01. The largest absolute Gasteiger partial charge is 0.467 e. The second-order valence-electron chi connectivity index (χ2n) is 5.92. The summed E-state index contributed by atoms with van der Waals surface area (Å²) in [6, 6.07) is 5.58. The second kappa shape index (κ2) is 5.99. The maximum Gasteiger partial charge on any atom is 0.328 e. The van der Waals surface area contributed by atoms with E-state index in [9.17, 15) is 9.59 Å². The number of methoxy groups -OCH3 is 1. The van der Waals surface area contributed by atoms with Crippen LogP contribution in [-0.4, -0.2) is 43.0 Å². The number of anilines is 1. The fourth-order valence-electron chi connectivity index (χ4n) is 3.39. The van der Waals surface area contributed by atoms with Crippen LogP contribution in [0.1, 0.15) is 42.1 Å². The zero-order chi connectivity index (χ0) is 15.7. The summed E-state index contributed by atoms with van der Waals surface area (Å²) in [6.45, 7) is 4.49. The SMILES string of the molecule is CCC(C(=O)OC)N1Cc2ccc(N3CCCC3)cc2C1=O. The molecular formula is C17H22N2O3. The molecular weight excluding hydrogens is 280 g/mol. The molecule has 0 spiro atoms. The standard InChI is InChI=1S/C17H22N2O3/c1-3-15(17(21)22-2)19-11-12-6-7-13(10-14(12)16(19)20)18-8-4-5-9-18/h6-7,10,15H,3-5,8-9,11H2,1-2H3. The van der Waals surface area contributed by atoms with Crippen molar-refractivity contribution in [2.75, 3.05) is 25.1 Å². The number of carbonyl (C=O) groups excluding carboxylic acids is 2. The molecule has 0 bridgehead atoms. The molecule has 5 heteroatoms. The van der Waals surface area contributed by atoms with Crippen LogP contribution in [0.3, 0.4) is 0 Å². The minimum absolute atomic E-state index is 0.0618. The van der Waals surface area contributed by atoms with E-state index in [1.807, 2.05) is 19.1 Å². The first-order chi connectivity index (χ1) is 10.7. The minimum atomic E-state index is -0.500. The molecule has 1 atom stereocenters. The third-order valence-corrected chi connectivity index (χ3v) is 4.63. The quantitative estimate of drug-likeness (QED) is 0.800. The molecule has 0 saturated carbocycles. The van der Waals surface area contributed by atoms with Crippen LogP contribution in [0, 0.1) is 0 Å². The Bertz CT molecular complexity index is 594. The van der Waals surface area contributed by atoms with Gasteiger partial charge in [0.05, 0.1) is 7.11 Å². The first-order valence-electron chi connectivity index (χ1n) is 7.92. The molecule has 1 aromatic rings. The topological polar surface area (TPSA) is 49.9 Å². The van der Waals surface area contributed by atoms with Gasteiger partial charge >= 0.3 is 5.97 Å². The number of ether oxygens (including phenoxy) is 1. The zero-order valence-corrected chi connectivity index (χ0v) is 13.2. The highest BCUT2D eigenvalue weighted by Crippen LogP contribution is 2.30. The average Bonchev–Trinajstić information content (AvgIpc) is 3.17. The van der Waals surface area contributed by atoms with E-state index in [0.29, 0.717) is 13.0 Å². The first kappa shape index (κ1) is 14.9. The molecule has 0 N–H and O–H groups in total. The Hall–Kier alpha value is -2.04. The van der Waals surface area contributed by atoms with Gasteiger partial charge in [0.1, 0.15) is 6.04 Å². The molecule has 22 heavy (non-hydrogen) atoms. The molecule has 1 aromatic carbocycles. The number of amides is 1. The van der Waals surface area contributed by atoms with Gasteiger partial charge in [-0.25, -0.2) is 4.79 Å². The summed E-state index contributed by atoms with van der Waals surface area (Å²) in [4.78, 5) is 28.5. The van der Waals surface area contributed by atoms with Crippen molar-refractivity contribution in [1.82, 2.24) is 4.90 Å². The van der Waals surface area contributed by atoms with E-state index in [2.05, 4.69) is 11.0 Å². The van der Waals surface area contributed by atoms with Crippen LogP contribution in [0.15, 0.2) is 18.2 Å². The number of hydrogen-bond donors (Lipinski definition) is 0. The monoisotopic (exact) mass is 302 g/mol. The third-order valence-electron chi connectivity index (χ3n) is 4.63. The molecule has 1 amide bonds. The Morgan fingerprint density at radius 2 is 2.05 bits per heavy atom. The van der Waals surface area contributed by atoms with E-state index in [4.69, 9.17) is 4.74 Å². The van der Waals surface area contributed by atoms with Gasteiger partial charge < -0.3 is 14.5 Å². The number of carbonyl (C=O) groups is 2. The molecule has 1 fully saturated rings. The number of rotatable bonds is 4. The van der Waals surface area contributed by atoms with Gasteiger partial charge in [0, 0.05) is 30.9 Å². The maximum atomic E-state index is 12.7. The number of hydrogen-bond acceptors (Lipinski definition) is 4. The molecule has 0 aromatic heterocycles. The van der Waals surface area contributed by atoms with Crippen molar-refractivity contribution in [1.29, 1.82) is 0 Å². The van der Waals surface area contributed by atoms with Gasteiger partial charge in [0.25, 0.3) is 5.91 Å². The summed E-state index contributed by atoms with van der Waals surface area (Å²) < 4.78 is 4.83. The number of benzene rings is 1. The Balaban J connectivity index is 1.85. The summed E-state index contributed by atoms with van der Waals surface area (Å²) >= 11 is 0. The highest BCUT2D eigenvalue weighted by Gasteiger charge is 2.36. The molecule has 0 radical (unpaired) electrons. The summed E-state index contributed by atoms with van der Waals surface area (Å²) in [5.74, 6) is -0.406. The molecule has 3 rings (SSSR count). The van der Waals surface area contributed by atoms with Crippen LogP contribution >= 0.6 is 0 Å². The van der Waals surface area contributed by atoms with Crippen LogP contribution in [0.5, 0.6) is 0 Å². The van der Waals surface area contributed by atoms with Crippen molar-refractivity contribution in [3.05, 3.63) is 29.3 Å². The number of esters is 1. The predicted molar refractivity (Wildman–Crippen MR) is 83.9 cm³/mol. The van der Waals surface area contributed by atoms with Crippen LogP contribution < -0.4 is 4.90 Å². The van der Waals surface area contributed by atoms with Crippen LogP contribution in [0.2, 0.25) is 0 Å². The summed E-state index contributed by atoms with van der Waals surface area (Å²) in [7, 11) is 1.37. The second-order valence-corrected chi connectivity index (χ2v) is 5.92. The lowest BCUT2D eigenvalue weighted by molar-refractivity contribution is -0.146. The number of fused-ring (bicyclic) bond motifs is 1. The molecule has 118 valence electrons. The van der Waals surface area contributed by atoms with Gasteiger partial charge in [-0.05, 0) is 37.0 Å². The van der Waals surface area contributed by atoms with Gasteiger partial charge in [0.2, 0.25) is 0 Å². The lowest BCUT2D eigenvalue weighted by Crippen LogP contribution is -2.41. The van der Waals surface area contributed by atoms with Gasteiger partial charge in [-0.15, -0.1) is 0 Å². The average molecular weight is 302 g/mol. The van der Waals surface area contributed by atoms with Gasteiger partial charge in [-0.3, -0.25) is 4.79 Å². The lowest BCUT2D eigenvalue weighted by atomic mass is 10.1. The summed E-state index contributed by atoms with van der Waals surface area (Å²) in [5.41, 5.74) is 2.83. The molecule has 1 unspecified atom stereocenters. The van der Waals surface area contributed by atoms with E-state index < -0.39 is 6.04 Å². The van der Waals surface area contributed by atoms with Gasteiger partial charge in [0.15, 0.2) is 0 Å². The van der Waals surface area contributed by atoms with E-state index in [1.54, 1.807) is 4.90 Å². The zero-order valence-electron chi connectivity index (χ0n) is 13.2. The molecule has 5 nitrogen and oxygen atoms in total. The molecule has 2 aliphatic heterocycles. The maximum absolute atomic E-state index is 12.7. The Kier molecular flexibility index (Phi) is 4.05. The Morgan fingerprint density at radius 1 is 1.32 bits per heavy atom. The third kappa shape index (κ3) is 2.45. The van der Waals surface area contributed by atoms with E-state index in [-0.39, 0.29) is 11.9 Å². The van der Waals surface area contributed by atoms with Crippen LogP contribution in [-0.2, 0) is 16.1 Å². The number of nitrogens with zero attached hydrogens (tertiary/aromatic N) is 2. The highest BCUT2D eigenvalue weighted by atomic mass is 16.5. The van der Waals surface area contributed by atoms with Crippen molar-refractivity contribution in [3.8, 4) is 0 Å². The lowest BCUT2D eigenvalue weighted by Gasteiger charge is -2.24. The van der Waals surface area contributed by atoms with Crippen molar-refractivity contribution >= 4 is 17.6 Å².